The van der Waals surface area contributed by atoms with Gasteiger partial charge in [-0.05, 0) is 31.6 Å². The van der Waals surface area contributed by atoms with E-state index in [2.05, 4.69) is 27.4 Å². The summed E-state index contributed by atoms with van der Waals surface area (Å²) < 4.78 is 5.49. The predicted octanol–water partition coefficient (Wildman–Crippen LogP) is 0.911. The Morgan fingerprint density at radius 2 is 2.04 bits per heavy atom. The van der Waals surface area contributed by atoms with Gasteiger partial charge < -0.3 is 25.2 Å². The average molecular weight is 368 g/mol. The highest BCUT2D eigenvalue weighted by atomic mass is 16.5. The van der Waals surface area contributed by atoms with Gasteiger partial charge in [0.15, 0.2) is 5.96 Å². The van der Waals surface area contributed by atoms with E-state index in [0.29, 0.717) is 12.0 Å². The zero-order valence-corrected chi connectivity index (χ0v) is 16.8. The molecule has 150 valence electrons. The van der Waals surface area contributed by atoms with Crippen molar-refractivity contribution < 1.29 is 9.53 Å². The summed E-state index contributed by atoms with van der Waals surface area (Å²) in [6.07, 6.45) is 5.67. The zero-order valence-electron chi connectivity index (χ0n) is 16.8. The molecule has 2 saturated heterocycles. The third-order valence-corrected chi connectivity index (χ3v) is 5.16. The molecule has 0 aromatic rings. The Morgan fingerprint density at radius 1 is 1.27 bits per heavy atom. The quantitative estimate of drug-likeness (QED) is 0.379. The van der Waals surface area contributed by atoms with E-state index in [1.807, 2.05) is 0 Å². The number of rotatable bonds is 8. The van der Waals surface area contributed by atoms with E-state index in [0.717, 1.165) is 64.5 Å². The second-order valence-electron chi connectivity index (χ2n) is 7.68. The smallest absolute Gasteiger partial charge is 0.243 e. The van der Waals surface area contributed by atoms with Crippen molar-refractivity contribution >= 4 is 11.9 Å². The van der Waals surface area contributed by atoms with E-state index in [9.17, 15) is 4.79 Å². The van der Waals surface area contributed by atoms with Crippen LogP contribution in [0.2, 0.25) is 0 Å². The molecule has 2 aliphatic heterocycles. The summed E-state index contributed by atoms with van der Waals surface area (Å²) in [6, 6.07) is 0.424. The van der Waals surface area contributed by atoms with Gasteiger partial charge >= 0.3 is 0 Å². The molecule has 0 saturated carbocycles. The van der Waals surface area contributed by atoms with Gasteiger partial charge in [-0.25, -0.2) is 4.99 Å². The lowest BCUT2D eigenvalue weighted by Crippen LogP contribution is -2.49. The fourth-order valence-electron chi connectivity index (χ4n) is 3.37. The summed E-state index contributed by atoms with van der Waals surface area (Å²) in [4.78, 5) is 20.5. The molecule has 2 rings (SSSR count). The number of hydrogen-bond donors (Lipinski definition) is 2. The van der Waals surface area contributed by atoms with Gasteiger partial charge in [0.1, 0.15) is 6.54 Å². The van der Waals surface area contributed by atoms with E-state index in [4.69, 9.17) is 4.74 Å². The highest BCUT2D eigenvalue weighted by molar-refractivity contribution is 5.84. The number of ether oxygens (including phenoxy) is 1. The molecule has 0 spiro atoms. The fraction of sp³-hybridized carbons (Fsp3) is 0.895. The van der Waals surface area contributed by atoms with Crippen LogP contribution in [0, 0.1) is 5.92 Å². The monoisotopic (exact) mass is 367 g/mol. The summed E-state index contributed by atoms with van der Waals surface area (Å²) in [5.74, 6) is 1.51. The van der Waals surface area contributed by atoms with Crippen molar-refractivity contribution in [3.8, 4) is 0 Å². The molecular weight excluding hydrogens is 330 g/mol. The van der Waals surface area contributed by atoms with Gasteiger partial charge in [-0.3, -0.25) is 4.79 Å². The van der Waals surface area contributed by atoms with Crippen LogP contribution in [0.3, 0.4) is 0 Å². The van der Waals surface area contributed by atoms with E-state index in [-0.39, 0.29) is 12.5 Å². The van der Waals surface area contributed by atoms with Crippen LogP contribution in [0.15, 0.2) is 4.99 Å². The molecule has 0 aromatic heterocycles. The third-order valence-electron chi connectivity index (χ3n) is 5.16. The Kier molecular flexibility index (Phi) is 9.18. The molecule has 7 heteroatoms. The first kappa shape index (κ1) is 21.0. The number of amides is 1. The molecule has 2 N–H and O–H groups in total. The maximum absolute atomic E-state index is 11.8. The number of likely N-dealkylation sites (N-methyl/N-ethyl adjacent to an activating group) is 1. The molecule has 26 heavy (non-hydrogen) atoms. The van der Waals surface area contributed by atoms with Crippen molar-refractivity contribution in [3.05, 3.63) is 0 Å². The number of likely N-dealkylation sites (tertiary alicyclic amines) is 1. The topological polar surface area (TPSA) is 69.2 Å². The lowest BCUT2D eigenvalue weighted by atomic mass is 10.0. The van der Waals surface area contributed by atoms with Gasteiger partial charge in [-0.1, -0.05) is 13.3 Å². The minimum Gasteiger partial charge on any atom is -0.381 e. The van der Waals surface area contributed by atoms with E-state index < -0.39 is 0 Å². The van der Waals surface area contributed by atoms with Gasteiger partial charge in [0.2, 0.25) is 5.91 Å². The molecule has 7 nitrogen and oxygen atoms in total. The van der Waals surface area contributed by atoms with Crippen molar-refractivity contribution in [1.82, 2.24) is 20.4 Å². The predicted molar refractivity (Wildman–Crippen MR) is 105 cm³/mol. The molecule has 2 fully saturated rings. The normalized spacial score (nSPS) is 22.4. The van der Waals surface area contributed by atoms with Crippen LogP contribution < -0.4 is 10.6 Å². The molecule has 2 heterocycles. The van der Waals surface area contributed by atoms with Crippen LogP contribution in [-0.4, -0.2) is 87.7 Å². The minimum absolute atomic E-state index is 0.0233. The third kappa shape index (κ3) is 7.50. The van der Waals surface area contributed by atoms with Crippen molar-refractivity contribution in [1.29, 1.82) is 0 Å². The molecule has 0 aromatic carbocycles. The summed E-state index contributed by atoms with van der Waals surface area (Å²) in [5, 5.41) is 6.91. The van der Waals surface area contributed by atoms with Gasteiger partial charge in [0, 0.05) is 52.9 Å². The van der Waals surface area contributed by atoms with Crippen LogP contribution in [-0.2, 0) is 9.53 Å². The number of carbonyl (C=O) groups excluding carboxylic acids is 1. The maximum atomic E-state index is 11.8. The first-order valence-corrected chi connectivity index (χ1v) is 10.1. The lowest BCUT2D eigenvalue weighted by molar-refractivity contribution is -0.127. The average Bonchev–Trinajstić information content (AvgIpc) is 3.14. The Hall–Kier alpha value is -1.34. The number of hydrogen-bond acceptors (Lipinski definition) is 4. The summed E-state index contributed by atoms with van der Waals surface area (Å²) in [7, 11) is 3.53. The van der Waals surface area contributed by atoms with Crippen LogP contribution in [0.1, 0.15) is 39.0 Å². The van der Waals surface area contributed by atoms with Gasteiger partial charge in [0.25, 0.3) is 0 Å². The first-order valence-electron chi connectivity index (χ1n) is 10.1. The molecule has 0 bridgehead atoms. The Bertz CT molecular complexity index is 441. The van der Waals surface area contributed by atoms with Crippen molar-refractivity contribution in [2.45, 2.75) is 45.1 Å². The second-order valence-corrected chi connectivity index (χ2v) is 7.68. The van der Waals surface area contributed by atoms with Gasteiger partial charge in [0.05, 0.1) is 6.61 Å². The van der Waals surface area contributed by atoms with E-state index in [1.165, 1.54) is 13.0 Å². The summed E-state index contributed by atoms with van der Waals surface area (Å²) >= 11 is 0. The van der Waals surface area contributed by atoms with Crippen molar-refractivity contribution in [2.75, 3.05) is 60.0 Å². The second kappa shape index (κ2) is 11.4. The molecule has 1 amide bonds. The first-order chi connectivity index (χ1) is 12.6. The number of nitrogens with zero attached hydrogens (tertiary/aromatic N) is 3. The summed E-state index contributed by atoms with van der Waals surface area (Å²) in [6.45, 7) is 8.51. The molecule has 0 aliphatic carbocycles. The Morgan fingerprint density at radius 3 is 2.65 bits per heavy atom. The van der Waals surface area contributed by atoms with E-state index in [1.54, 1.807) is 19.0 Å². The maximum Gasteiger partial charge on any atom is 0.243 e. The van der Waals surface area contributed by atoms with Crippen LogP contribution in [0.5, 0.6) is 0 Å². The highest BCUT2D eigenvalue weighted by Gasteiger charge is 2.24. The summed E-state index contributed by atoms with van der Waals surface area (Å²) in [5.41, 5.74) is 0. The molecule has 1 unspecified atom stereocenters. The Labute approximate surface area is 158 Å². The van der Waals surface area contributed by atoms with Gasteiger partial charge in [-0.2, -0.15) is 0 Å². The van der Waals surface area contributed by atoms with Crippen LogP contribution in [0.4, 0.5) is 0 Å². The molecule has 2 aliphatic rings. The fourth-order valence-corrected chi connectivity index (χ4v) is 3.37. The highest BCUT2D eigenvalue weighted by Crippen LogP contribution is 2.17. The van der Waals surface area contributed by atoms with Crippen molar-refractivity contribution in [3.63, 3.8) is 0 Å². The molecule has 1 atom stereocenters. The molecular formula is C19H37N5O2. The largest absolute Gasteiger partial charge is 0.381 e. The van der Waals surface area contributed by atoms with E-state index >= 15 is 0 Å². The number of piperidine rings is 1. The lowest BCUT2D eigenvalue weighted by Gasteiger charge is -2.34. The minimum atomic E-state index is 0.0233. The number of nitrogens with one attached hydrogen (secondary N) is 2. The Balaban J connectivity index is 1.77. The van der Waals surface area contributed by atoms with Crippen LogP contribution >= 0.6 is 0 Å². The van der Waals surface area contributed by atoms with Gasteiger partial charge in [-0.15, -0.1) is 0 Å². The number of aliphatic imine (C=N–C) groups is 1. The number of unbranched alkanes of at least 4 members (excludes halogenated alkanes) is 1. The zero-order chi connectivity index (χ0) is 18.8. The van der Waals surface area contributed by atoms with Crippen LogP contribution in [0.25, 0.3) is 0 Å². The van der Waals surface area contributed by atoms with Crippen molar-refractivity contribution in [2.24, 2.45) is 10.9 Å². The number of guanidine groups is 1. The standard InChI is InChI=1S/C19H37N5O2/c1-4-5-9-20-19(21-13-18(25)23(2)3)22-17-6-10-24(11-7-17)14-16-8-12-26-15-16/h16-17H,4-15H2,1-3H3,(H2,20,21,22). The molecule has 0 radical (unpaired) electrons. The number of carbonyl (C=O) groups is 1. The SMILES string of the molecule is CCCCNC(=NCC(=O)N(C)C)NC1CCN(CC2CCOC2)CC1.